The molecule has 6 aliphatic rings. The summed E-state index contributed by atoms with van der Waals surface area (Å²) in [6.07, 6.45) is 18.3. The SMILES string of the molecule is C[C@]12CC=C3C=C4CC[C@H](N5CC[C@@H](F)C5)CC45CC[C@]3(O5)[C@@H]1CCC2c1ccc2ccncc2c1. The summed E-state index contributed by atoms with van der Waals surface area (Å²) in [5.41, 5.74) is 4.47. The van der Waals surface area contributed by atoms with Crippen molar-refractivity contribution in [1.82, 2.24) is 9.88 Å². The number of benzene rings is 1. The monoisotopic (exact) mass is 484 g/mol. The van der Waals surface area contributed by atoms with Gasteiger partial charge in [-0.05, 0) is 109 Å². The van der Waals surface area contributed by atoms with Gasteiger partial charge in [0.2, 0.25) is 0 Å². The van der Waals surface area contributed by atoms with Gasteiger partial charge in [-0.1, -0.05) is 31.2 Å². The molecule has 36 heavy (non-hydrogen) atoms. The van der Waals surface area contributed by atoms with Crippen molar-refractivity contribution >= 4 is 10.8 Å². The van der Waals surface area contributed by atoms with Crippen molar-refractivity contribution in [3.63, 3.8) is 0 Å². The zero-order valence-corrected chi connectivity index (χ0v) is 21.4. The first-order chi connectivity index (χ1) is 17.5. The number of alkyl halides is 1. The molecule has 2 aromatic rings. The van der Waals surface area contributed by atoms with Crippen LogP contribution in [0.1, 0.15) is 76.2 Å². The minimum Gasteiger partial charge on any atom is -0.359 e. The van der Waals surface area contributed by atoms with Crippen LogP contribution in [0, 0.1) is 11.3 Å². The lowest BCUT2D eigenvalue weighted by atomic mass is 9.58. The molecule has 8 rings (SSSR count). The molecule has 2 bridgehead atoms. The van der Waals surface area contributed by atoms with Crippen molar-refractivity contribution < 1.29 is 9.13 Å². The van der Waals surface area contributed by atoms with Crippen molar-refractivity contribution in [2.45, 2.75) is 94.0 Å². The van der Waals surface area contributed by atoms with E-state index in [0.29, 0.717) is 30.8 Å². The van der Waals surface area contributed by atoms with Gasteiger partial charge >= 0.3 is 0 Å². The van der Waals surface area contributed by atoms with Gasteiger partial charge in [0, 0.05) is 36.9 Å². The second-order valence-corrected chi connectivity index (χ2v) is 13.0. The number of hydrogen-bond donors (Lipinski definition) is 0. The Balaban J connectivity index is 1.14. The number of aromatic nitrogens is 1. The molecule has 0 amide bonds. The van der Waals surface area contributed by atoms with Crippen LogP contribution < -0.4 is 0 Å². The smallest absolute Gasteiger partial charge is 0.114 e. The van der Waals surface area contributed by atoms with Crippen molar-refractivity contribution in [2.24, 2.45) is 11.3 Å². The molecule has 4 heterocycles. The summed E-state index contributed by atoms with van der Waals surface area (Å²) in [6, 6.07) is 9.63. The number of hydrogen-bond acceptors (Lipinski definition) is 3. The highest BCUT2D eigenvalue weighted by atomic mass is 19.1. The van der Waals surface area contributed by atoms with E-state index in [4.69, 9.17) is 4.74 Å². The molecule has 7 atom stereocenters. The summed E-state index contributed by atoms with van der Waals surface area (Å²) in [7, 11) is 0. The first-order valence-electron chi connectivity index (χ1n) is 14.3. The van der Waals surface area contributed by atoms with Crippen LogP contribution >= 0.6 is 0 Å². The van der Waals surface area contributed by atoms with Gasteiger partial charge in [0.05, 0.1) is 11.2 Å². The number of likely N-dealkylation sites (tertiary alicyclic amines) is 1. The third-order valence-electron chi connectivity index (χ3n) is 11.4. The summed E-state index contributed by atoms with van der Waals surface area (Å²) in [4.78, 5) is 6.81. The van der Waals surface area contributed by atoms with Gasteiger partial charge in [0.15, 0.2) is 0 Å². The van der Waals surface area contributed by atoms with E-state index in [1.807, 2.05) is 12.4 Å². The van der Waals surface area contributed by atoms with E-state index in [-0.39, 0.29) is 16.6 Å². The maximum atomic E-state index is 14.0. The van der Waals surface area contributed by atoms with E-state index in [1.165, 1.54) is 40.3 Å². The maximum absolute atomic E-state index is 14.0. The molecule has 3 nitrogen and oxygen atoms in total. The zero-order chi connectivity index (χ0) is 24.1. The average molecular weight is 485 g/mol. The molecule has 4 fully saturated rings. The zero-order valence-electron chi connectivity index (χ0n) is 21.4. The van der Waals surface area contributed by atoms with Crippen LogP contribution in [0.25, 0.3) is 10.8 Å². The van der Waals surface area contributed by atoms with Gasteiger partial charge in [-0.2, -0.15) is 0 Å². The molecule has 2 saturated carbocycles. The Bertz CT molecular complexity index is 1300. The lowest BCUT2D eigenvalue weighted by Gasteiger charge is -2.55. The fraction of sp³-hybridized carbons (Fsp3) is 0.594. The van der Waals surface area contributed by atoms with Crippen LogP contribution in [0.2, 0.25) is 0 Å². The molecular formula is C32H37FN2O. The number of pyridine rings is 1. The van der Waals surface area contributed by atoms with Gasteiger partial charge in [0.25, 0.3) is 0 Å². The number of nitrogens with zero attached hydrogens (tertiary/aromatic N) is 2. The van der Waals surface area contributed by atoms with Crippen LogP contribution in [0.3, 0.4) is 0 Å². The van der Waals surface area contributed by atoms with E-state index in [2.05, 4.69) is 53.2 Å². The summed E-state index contributed by atoms with van der Waals surface area (Å²) < 4.78 is 21.5. The van der Waals surface area contributed by atoms with Gasteiger partial charge in [-0.15, -0.1) is 0 Å². The number of fused-ring (bicyclic) bond motifs is 2. The first kappa shape index (κ1) is 22.0. The van der Waals surface area contributed by atoms with Crippen LogP contribution in [-0.4, -0.2) is 46.4 Å². The molecule has 1 aromatic carbocycles. The molecule has 3 aliphatic heterocycles. The Morgan fingerprint density at radius 3 is 2.92 bits per heavy atom. The predicted molar refractivity (Wildman–Crippen MR) is 141 cm³/mol. The molecule has 0 radical (unpaired) electrons. The quantitative estimate of drug-likeness (QED) is 0.464. The molecule has 2 saturated heterocycles. The van der Waals surface area contributed by atoms with Gasteiger partial charge in [-0.3, -0.25) is 9.88 Å². The van der Waals surface area contributed by atoms with Gasteiger partial charge < -0.3 is 4.74 Å². The highest BCUT2D eigenvalue weighted by molar-refractivity contribution is 5.82. The molecule has 4 heteroatoms. The Hall–Kier alpha value is -2.04. The summed E-state index contributed by atoms with van der Waals surface area (Å²) >= 11 is 0. The van der Waals surface area contributed by atoms with E-state index < -0.39 is 6.17 Å². The molecule has 1 aromatic heterocycles. The Morgan fingerprint density at radius 1 is 1.08 bits per heavy atom. The number of rotatable bonds is 2. The van der Waals surface area contributed by atoms with Gasteiger partial charge in [0.1, 0.15) is 6.17 Å². The highest BCUT2D eigenvalue weighted by Crippen LogP contribution is 2.69. The molecule has 188 valence electrons. The Kier molecular flexibility index (Phi) is 4.59. The second-order valence-electron chi connectivity index (χ2n) is 13.0. The van der Waals surface area contributed by atoms with Crippen LogP contribution in [0.15, 0.2) is 60.0 Å². The third-order valence-corrected chi connectivity index (χ3v) is 11.4. The van der Waals surface area contributed by atoms with Crippen molar-refractivity contribution in [2.75, 3.05) is 13.1 Å². The largest absolute Gasteiger partial charge is 0.359 e. The van der Waals surface area contributed by atoms with Crippen molar-refractivity contribution in [1.29, 1.82) is 0 Å². The normalized spacial score (nSPS) is 43.6. The van der Waals surface area contributed by atoms with Crippen LogP contribution in [-0.2, 0) is 4.74 Å². The van der Waals surface area contributed by atoms with Crippen molar-refractivity contribution in [3.8, 4) is 0 Å². The van der Waals surface area contributed by atoms with Crippen LogP contribution in [0.4, 0.5) is 4.39 Å². The minimum absolute atomic E-state index is 0.111. The van der Waals surface area contributed by atoms with E-state index in [1.54, 1.807) is 0 Å². The topological polar surface area (TPSA) is 25.4 Å². The molecule has 3 aliphatic carbocycles. The molecule has 2 unspecified atom stereocenters. The van der Waals surface area contributed by atoms with E-state index in [0.717, 1.165) is 45.1 Å². The summed E-state index contributed by atoms with van der Waals surface area (Å²) in [5.74, 6) is 1.11. The second kappa shape index (κ2) is 7.51. The number of halogens is 1. The number of allylic oxidation sites excluding steroid dienone is 1. The summed E-state index contributed by atoms with van der Waals surface area (Å²) in [5, 5.41) is 2.52. The number of ether oxygens (including phenoxy) is 1. The Morgan fingerprint density at radius 2 is 2.03 bits per heavy atom. The third kappa shape index (κ3) is 2.89. The maximum Gasteiger partial charge on any atom is 0.114 e. The fourth-order valence-corrected chi connectivity index (χ4v) is 9.64. The fourth-order valence-electron chi connectivity index (χ4n) is 9.64. The molecular weight excluding hydrogens is 447 g/mol. The van der Waals surface area contributed by atoms with E-state index >= 15 is 0 Å². The molecule has 2 spiro atoms. The first-order valence-corrected chi connectivity index (χ1v) is 14.3. The van der Waals surface area contributed by atoms with Crippen molar-refractivity contribution in [3.05, 3.63) is 65.5 Å². The summed E-state index contributed by atoms with van der Waals surface area (Å²) in [6.45, 7) is 4.09. The standard InChI is InChI=1S/C32H37FN2O/c1-30-11-8-25-17-24-4-5-27(35-15-10-26(33)20-35)18-31(24)12-13-32(25,36-31)29(30)7-6-28(30)22-3-2-21-9-14-34-19-23(21)16-22/h2-3,8-9,14,16-17,19,26-29H,4-7,10-13,15,18,20H2,1H3/t26-,27+,28?,29-,30-,31?,32-/m1/s1. The van der Waals surface area contributed by atoms with Crippen LogP contribution in [0.5, 0.6) is 0 Å². The average Bonchev–Trinajstić information content (AvgIpc) is 3.57. The van der Waals surface area contributed by atoms with E-state index in [9.17, 15) is 4.39 Å². The lowest BCUT2D eigenvalue weighted by Crippen LogP contribution is -2.55. The predicted octanol–water partition coefficient (Wildman–Crippen LogP) is 6.89. The van der Waals surface area contributed by atoms with Gasteiger partial charge in [-0.25, -0.2) is 4.39 Å². The minimum atomic E-state index is -0.642. The lowest BCUT2D eigenvalue weighted by molar-refractivity contribution is -0.140. The Labute approximate surface area is 213 Å². The molecule has 0 N–H and O–H groups in total. The highest BCUT2D eigenvalue weighted by Gasteiger charge is 2.66.